The van der Waals surface area contributed by atoms with Crippen LogP contribution in [0.15, 0.2) is 41.7 Å². The molecule has 0 heterocycles. The van der Waals surface area contributed by atoms with Crippen LogP contribution in [0.3, 0.4) is 0 Å². The largest absolute Gasteiger partial charge is 3.00 e. The van der Waals surface area contributed by atoms with Gasteiger partial charge in [0.15, 0.2) is 0 Å². The van der Waals surface area contributed by atoms with Gasteiger partial charge in [-0.1, -0.05) is 46.2 Å². The number of rotatable bonds is 4. The average Bonchev–Trinajstić information content (AvgIpc) is 3.07. The Balaban J connectivity index is 0.00000161. The monoisotopic (exact) mass is 425 g/mol. The summed E-state index contributed by atoms with van der Waals surface area (Å²) in [6, 6.07) is 4.11. The Hall–Kier alpha value is -0.597. The first kappa shape index (κ1) is 22.4. The van der Waals surface area contributed by atoms with E-state index in [-0.39, 0.29) is 64.2 Å². The molecule has 0 aromatic heterocycles. The van der Waals surface area contributed by atoms with Crippen LogP contribution in [0.1, 0.15) is 17.5 Å². The van der Waals surface area contributed by atoms with Crippen molar-refractivity contribution in [3.8, 4) is 0 Å². The Morgan fingerprint density at radius 3 is 2.65 bits per heavy atom. The maximum Gasteiger partial charge on any atom is 3.00 e. The summed E-state index contributed by atoms with van der Waals surface area (Å²) in [6.07, 6.45) is 10.5. The third kappa shape index (κ3) is 4.28. The molecule has 0 saturated heterocycles. The van der Waals surface area contributed by atoms with E-state index in [1.165, 1.54) is 5.57 Å². The summed E-state index contributed by atoms with van der Waals surface area (Å²) in [7, 11) is 0. The molecule has 0 bridgehead atoms. The van der Waals surface area contributed by atoms with Crippen molar-refractivity contribution in [1.82, 2.24) is 0 Å². The van der Waals surface area contributed by atoms with E-state index < -0.39 is 0 Å². The van der Waals surface area contributed by atoms with Gasteiger partial charge in [-0.15, -0.1) is 29.5 Å². The molecule has 0 atom stereocenters. The molecule has 2 aliphatic carbocycles. The van der Waals surface area contributed by atoms with Gasteiger partial charge in [0, 0.05) is 5.76 Å². The van der Waals surface area contributed by atoms with Crippen LogP contribution in [-0.4, -0.2) is 18.3 Å². The van der Waals surface area contributed by atoms with Gasteiger partial charge in [-0.2, -0.15) is 0 Å². The van der Waals surface area contributed by atoms with E-state index >= 15 is 0 Å². The molecule has 2 aliphatic rings. The van der Waals surface area contributed by atoms with Crippen molar-refractivity contribution in [2.45, 2.75) is 13.3 Å². The first-order valence-electron chi connectivity index (χ1n) is 6.79. The molecule has 1 radical (unpaired) electrons. The number of hydrogen-bond acceptors (Lipinski definition) is 2. The molecule has 1 N–H and O–H groups in total. The predicted octanol–water partition coefficient (Wildman–Crippen LogP) is -4.49. The smallest absolute Gasteiger partial charge is 1.00 e. The molecule has 0 fully saturated rings. The maximum atomic E-state index is 8.98. The van der Waals surface area contributed by atoms with E-state index in [9.17, 15) is 0 Å². The second-order valence-corrected chi connectivity index (χ2v) is 5.01. The summed E-state index contributed by atoms with van der Waals surface area (Å²) < 4.78 is 5.68. The summed E-state index contributed by atoms with van der Waals surface area (Å²) in [5.41, 5.74) is 4.49. The van der Waals surface area contributed by atoms with E-state index in [2.05, 4.69) is 49.9 Å². The number of benzene rings is 1. The molecule has 0 unspecified atom stereocenters. The molecule has 119 valence electrons. The van der Waals surface area contributed by atoms with Crippen LogP contribution in [0.25, 0.3) is 12.2 Å². The zero-order valence-electron chi connectivity index (χ0n) is 12.8. The number of aryl methyl sites for hydroxylation is 1. The second-order valence-electron chi connectivity index (χ2n) is 5.01. The molecular formula is C18H17Cl2O2Zr. The summed E-state index contributed by atoms with van der Waals surface area (Å²) >= 11 is 0. The first-order valence-corrected chi connectivity index (χ1v) is 6.79. The average molecular weight is 427 g/mol. The number of fused-ring (bicyclic) bond motifs is 1. The van der Waals surface area contributed by atoms with Crippen LogP contribution >= 0.6 is 0 Å². The first-order chi connectivity index (χ1) is 9.72. The summed E-state index contributed by atoms with van der Waals surface area (Å²) in [6.45, 7) is 6.55. The van der Waals surface area contributed by atoms with Crippen LogP contribution in [0.2, 0.25) is 0 Å². The third-order valence-corrected chi connectivity index (χ3v) is 3.70. The Morgan fingerprint density at radius 1 is 1.30 bits per heavy atom. The molecule has 23 heavy (non-hydrogen) atoms. The molecular weight excluding hydrogens is 410 g/mol. The van der Waals surface area contributed by atoms with E-state index in [1.807, 2.05) is 0 Å². The van der Waals surface area contributed by atoms with Crippen molar-refractivity contribution in [2.24, 2.45) is 0 Å². The minimum atomic E-state index is 0. The van der Waals surface area contributed by atoms with Gasteiger partial charge in [0.25, 0.3) is 0 Å². The summed E-state index contributed by atoms with van der Waals surface area (Å²) in [5.74, 6) is 0.722. The van der Waals surface area contributed by atoms with Crippen LogP contribution in [0.4, 0.5) is 0 Å². The Morgan fingerprint density at radius 2 is 2.04 bits per heavy atom. The third-order valence-electron chi connectivity index (χ3n) is 3.70. The van der Waals surface area contributed by atoms with Crippen molar-refractivity contribution >= 4 is 12.2 Å². The second kappa shape index (κ2) is 9.64. The van der Waals surface area contributed by atoms with Crippen molar-refractivity contribution in [3.05, 3.63) is 69.3 Å². The predicted molar refractivity (Wildman–Crippen MR) is 80.1 cm³/mol. The van der Waals surface area contributed by atoms with Crippen molar-refractivity contribution in [3.63, 3.8) is 0 Å². The molecule has 5 heteroatoms. The van der Waals surface area contributed by atoms with Gasteiger partial charge in [0.2, 0.25) is 0 Å². The normalized spacial score (nSPS) is 14.1. The number of allylic oxidation sites excluding steroid dienone is 4. The van der Waals surface area contributed by atoms with Crippen molar-refractivity contribution in [1.29, 1.82) is 0 Å². The molecule has 0 amide bonds. The van der Waals surface area contributed by atoms with Gasteiger partial charge >= 0.3 is 26.2 Å². The molecule has 3 rings (SSSR count). The number of hydrogen-bond donors (Lipinski definition) is 1. The molecule has 1 aromatic carbocycles. The van der Waals surface area contributed by atoms with Crippen LogP contribution in [0.5, 0.6) is 0 Å². The molecule has 0 saturated carbocycles. The molecule has 2 nitrogen and oxygen atoms in total. The fourth-order valence-corrected chi connectivity index (χ4v) is 2.64. The van der Waals surface area contributed by atoms with Crippen LogP contribution < -0.4 is 35.3 Å². The molecule has 1 aromatic rings. The topological polar surface area (TPSA) is 29.5 Å². The Labute approximate surface area is 168 Å². The van der Waals surface area contributed by atoms with Gasteiger partial charge in [0.05, 0.1) is 6.61 Å². The van der Waals surface area contributed by atoms with Gasteiger partial charge in [-0.05, 0) is 13.3 Å². The van der Waals surface area contributed by atoms with Crippen molar-refractivity contribution in [2.75, 3.05) is 13.2 Å². The van der Waals surface area contributed by atoms with E-state index in [1.54, 1.807) is 0 Å². The zero-order chi connectivity index (χ0) is 14.1. The van der Waals surface area contributed by atoms with E-state index in [0.29, 0.717) is 0 Å². The Kier molecular flexibility index (Phi) is 9.39. The standard InChI is InChI=1S/C18H17O2.2ClH.Zr/c1-12-7-8-15-11-16(20-10-9-19)18(17(15)13(12)2)14-5-3-4-6-14;;;/h3-5,7-8,19H,2,6,9-10H2,1H3;2*1H;/q-1;;;+3/p-2. The van der Waals surface area contributed by atoms with Gasteiger partial charge in [-0.25, -0.2) is 0 Å². The van der Waals surface area contributed by atoms with Gasteiger partial charge in [-0.3, -0.25) is 0 Å². The quantitative estimate of drug-likeness (QED) is 0.491. The molecule has 0 spiro atoms. The fourth-order valence-electron chi connectivity index (χ4n) is 2.64. The number of aliphatic hydroxyl groups excluding tert-OH is 1. The number of halogens is 2. The minimum Gasteiger partial charge on any atom is -1.00 e. The van der Waals surface area contributed by atoms with Crippen LogP contribution in [-0.2, 0) is 30.9 Å². The zero-order valence-corrected chi connectivity index (χ0v) is 16.8. The summed E-state index contributed by atoms with van der Waals surface area (Å²) in [4.78, 5) is 0. The van der Waals surface area contributed by atoms with E-state index in [0.717, 1.165) is 39.3 Å². The maximum absolute atomic E-state index is 8.98. The molecule has 0 aliphatic heterocycles. The summed E-state index contributed by atoms with van der Waals surface area (Å²) in [5, 5.41) is 11.1. The fraction of sp³-hybridized carbons (Fsp3) is 0.222. The van der Waals surface area contributed by atoms with E-state index in [4.69, 9.17) is 9.84 Å². The SMILES string of the molecule is C=c1c(C)ccc2c1=C(C1=CC=CC1)C(OCCO)=[C-]2.[Cl-].[Cl-].[Zr+3]. The van der Waals surface area contributed by atoms with Gasteiger partial charge in [0.1, 0.15) is 6.61 Å². The Bertz CT molecular complexity index is 764. The van der Waals surface area contributed by atoms with Crippen molar-refractivity contribution < 1.29 is 60.9 Å². The van der Waals surface area contributed by atoms with Crippen LogP contribution in [0, 0.1) is 13.0 Å². The number of ether oxygens (including phenoxy) is 1. The number of aliphatic hydroxyl groups is 1. The minimum absolute atomic E-state index is 0. The van der Waals surface area contributed by atoms with Gasteiger partial charge < -0.3 is 34.7 Å².